The monoisotopic (exact) mass is 270 g/mol. The molecule has 0 saturated heterocycles. The van der Waals surface area contributed by atoms with E-state index < -0.39 is 5.97 Å². The summed E-state index contributed by atoms with van der Waals surface area (Å²) < 4.78 is 1.43. The molecular formula is C12H18N2O3S. The van der Waals surface area contributed by atoms with Crippen molar-refractivity contribution in [3.63, 3.8) is 0 Å². The summed E-state index contributed by atoms with van der Waals surface area (Å²) in [6, 6.07) is 3.19. The Bertz CT molecular complexity index is 417. The molecule has 0 aliphatic carbocycles. The molecule has 2 N–H and O–H groups in total. The number of thioether (sulfide) groups is 1. The highest BCUT2D eigenvalue weighted by Gasteiger charge is 2.12. The molecule has 0 aliphatic rings. The highest BCUT2D eigenvalue weighted by atomic mass is 32.2. The average molecular weight is 270 g/mol. The first-order chi connectivity index (χ1) is 8.54. The molecular weight excluding hydrogens is 252 g/mol. The van der Waals surface area contributed by atoms with E-state index in [2.05, 4.69) is 12.2 Å². The minimum Gasteiger partial charge on any atom is -0.477 e. The number of hydrogen-bond acceptors (Lipinski definition) is 3. The van der Waals surface area contributed by atoms with E-state index in [0.29, 0.717) is 0 Å². The lowest BCUT2D eigenvalue weighted by Crippen LogP contribution is -2.36. The highest BCUT2D eigenvalue weighted by Crippen LogP contribution is 2.03. The van der Waals surface area contributed by atoms with E-state index in [0.717, 1.165) is 11.5 Å². The fraction of sp³-hybridized carbons (Fsp3) is 0.500. The van der Waals surface area contributed by atoms with Gasteiger partial charge in [0.1, 0.15) is 12.2 Å². The zero-order valence-corrected chi connectivity index (χ0v) is 11.4. The highest BCUT2D eigenvalue weighted by molar-refractivity contribution is 7.99. The zero-order chi connectivity index (χ0) is 13.5. The molecule has 0 radical (unpaired) electrons. The van der Waals surface area contributed by atoms with Gasteiger partial charge >= 0.3 is 5.97 Å². The van der Waals surface area contributed by atoms with Crippen LogP contribution in [-0.2, 0) is 11.3 Å². The Hall–Kier alpha value is -1.43. The van der Waals surface area contributed by atoms with Gasteiger partial charge in [-0.3, -0.25) is 4.79 Å². The van der Waals surface area contributed by atoms with Crippen LogP contribution in [0, 0.1) is 0 Å². The van der Waals surface area contributed by atoms with Gasteiger partial charge in [0.25, 0.3) is 0 Å². The SMILES string of the molecule is CCSCC(C)NC(=O)Cn1cccc1C(=O)O. The molecule has 1 atom stereocenters. The van der Waals surface area contributed by atoms with E-state index in [1.165, 1.54) is 10.6 Å². The predicted octanol–water partition coefficient (Wildman–Crippen LogP) is 1.44. The van der Waals surface area contributed by atoms with Crippen LogP contribution in [0.4, 0.5) is 0 Å². The van der Waals surface area contributed by atoms with E-state index in [9.17, 15) is 9.59 Å². The number of amides is 1. The van der Waals surface area contributed by atoms with Crippen LogP contribution in [-0.4, -0.2) is 39.1 Å². The van der Waals surface area contributed by atoms with Gasteiger partial charge < -0.3 is 15.0 Å². The molecule has 0 saturated carbocycles. The number of carboxylic acids is 1. The van der Waals surface area contributed by atoms with Crippen LogP contribution in [0.3, 0.4) is 0 Å². The summed E-state index contributed by atoms with van der Waals surface area (Å²) in [5.74, 6) is 0.681. The minimum atomic E-state index is -1.03. The summed E-state index contributed by atoms with van der Waals surface area (Å²) in [6.45, 7) is 4.04. The van der Waals surface area contributed by atoms with Crippen molar-refractivity contribution in [2.24, 2.45) is 0 Å². The second-order valence-electron chi connectivity index (χ2n) is 3.95. The smallest absolute Gasteiger partial charge is 0.352 e. The number of nitrogens with one attached hydrogen (secondary N) is 1. The summed E-state index contributed by atoms with van der Waals surface area (Å²) >= 11 is 1.76. The van der Waals surface area contributed by atoms with Crippen molar-refractivity contribution in [3.8, 4) is 0 Å². The lowest BCUT2D eigenvalue weighted by Gasteiger charge is -2.14. The van der Waals surface area contributed by atoms with Crippen LogP contribution < -0.4 is 5.32 Å². The van der Waals surface area contributed by atoms with E-state index in [4.69, 9.17) is 5.11 Å². The number of nitrogens with zero attached hydrogens (tertiary/aromatic N) is 1. The van der Waals surface area contributed by atoms with Crippen molar-refractivity contribution < 1.29 is 14.7 Å². The maximum atomic E-state index is 11.7. The molecule has 0 aromatic carbocycles. The summed E-state index contributed by atoms with van der Waals surface area (Å²) in [4.78, 5) is 22.6. The third-order valence-electron chi connectivity index (χ3n) is 2.34. The number of carboxylic acid groups (broad SMARTS) is 1. The summed E-state index contributed by atoms with van der Waals surface area (Å²) in [5, 5.41) is 11.8. The zero-order valence-electron chi connectivity index (χ0n) is 10.5. The maximum absolute atomic E-state index is 11.7. The minimum absolute atomic E-state index is 0.0375. The molecule has 18 heavy (non-hydrogen) atoms. The van der Waals surface area contributed by atoms with Gasteiger partial charge in [0.05, 0.1) is 0 Å². The molecule has 0 aliphatic heterocycles. The molecule has 0 spiro atoms. The molecule has 1 rings (SSSR count). The topological polar surface area (TPSA) is 71.3 Å². The lowest BCUT2D eigenvalue weighted by atomic mass is 10.3. The number of hydrogen-bond donors (Lipinski definition) is 2. The Morgan fingerprint density at radius 3 is 2.89 bits per heavy atom. The van der Waals surface area contributed by atoms with Crippen LogP contribution in [0.25, 0.3) is 0 Å². The number of carbonyl (C=O) groups excluding carboxylic acids is 1. The van der Waals surface area contributed by atoms with Crippen molar-refractivity contribution in [2.75, 3.05) is 11.5 Å². The van der Waals surface area contributed by atoms with Crippen molar-refractivity contribution in [3.05, 3.63) is 24.0 Å². The Labute approximate surface area is 111 Å². The molecule has 1 amide bonds. The third kappa shape index (κ3) is 4.44. The molecule has 1 aromatic rings. The largest absolute Gasteiger partial charge is 0.477 e. The fourth-order valence-corrected chi connectivity index (χ4v) is 2.23. The number of aromatic nitrogens is 1. The van der Waals surface area contributed by atoms with Crippen molar-refractivity contribution >= 4 is 23.6 Å². The predicted molar refractivity (Wildman–Crippen MR) is 72.0 cm³/mol. The number of aromatic carboxylic acids is 1. The molecule has 0 fully saturated rings. The van der Waals surface area contributed by atoms with E-state index in [-0.39, 0.29) is 24.2 Å². The quantitative estimate of drug-likeness (QED) is 0.786. The van der Waals surface area contributed by atoms with Gasteiger partial charge in [-0.05, 0) is 24.8 Å². The van der Waals surface area contributed by atoms with Crippen molar-refractivity contribution in [1.82, 2.24) is 9.88 Å². The van der Waals surface area contributed by atoms with E-state index in [1.54, 1.807) is 24.0 Å². The van der Waals surface area contributed by atoms with Crippen molar-refractivity contribution in [2.45, 2.75) is 26.4 Å². The van der Waals surface area contributed by atoms with E-state index >= 15 is 0 Å². The van der Waals surface area contributed by atoms with Crippen LogP contribution in [0.2, 0.25) is 0 Å². The molecule has 5 nitrogen and oxygen atoms in total. The average Bonchev–Trinajstić information content (AvgIpc) is 2.74. The van der Waals surface area contributed by atoms with Crippen LogP contribution in [0.15, 0.2) is 18.3 Å². The summed E-state index contributed by atoms with van der Waals surface area (Å²) in [6.07, 6.45) is 1.59. The molecule has 1 heterocycles. The van der Waals surface area contributed by atoms with Gasteiger partial charge in [-0.2, -0.15) is 11.8 Å². The first-order valence-electron chi connectivity index (χ1n) is 5.80. The first-order valence-corrected chi connectivity index (χ1v) is 6.95. The van der Waals surface area contributed by atoms with Crippen molar-refractivity contribution in [1.29, 1.82) is 0 Å². The van der Waals surface area contributed by atoms with Gasteiger partial charge in [0.15, 0.2) is 0 Å². The Balaban J connectivity index is 2.49. The first kappa shape index (κ1) is 14.6. The Kier molecular flexibility index (Phi) is 5.77. The van der Waals surface area contributed by atoms with Gasteiger partial charge in [-0.1, -0.05) is 6.92 Å². The van der Waals surface area contributed by atoms with Gasteiger partial charge in [0.2, 0.25) is 5.91 Å². The summed E-state index contributed by atoms with van der Waals surface area (Å²) in [5.41, 5.74) is 0.126. The van der Waals surface area contributed by atoms with Gasteiger partial charge in [-0.15, -0.1) is 0 Å². The Morgan fingerprint density at radius 1 is 1.56 bits per heavy atom. The number of carbonyl (C=O) groups is 2. The van der Waals surface area contributed by atoms with Crippen LogP contribution >= 0.6 is 11.8 Å². The normalized spacial score (nSPS) is 12.1. The van der Waals surface area contributed by atoms with Crippen LogP contribution in [0.5, 0.6) is 0 Å². The Morgan fingerprint density at radius 2 is 2.28 bits per heavy atom. The summed E-state index contributed by atoms with van der Waals surface area (Å²) in [7, 11) is 0. The third-order valence-corrected chi connectivity index (χ3v) is 3.49. The lowest BCUT2D eigenvalue weighted by molar-refractivity contribution is -0.122. The molecule has 0 bridgehead atoms. The molecule has 1 unspecified atom stereocenters. The second-order valence-corrected chi connectivity index (χ2v) is 5.27. The maximum Gasteiger partial charge on any atom is 0.352 e. The van der Waals surface area contributed by atoms with Crippen LogP contribution in [0.1, 0.15) is 24.3 Å². The van der Waals surface area contributed by atoms with Gasteiger partial charge in [-0.25, -0.2) is 4.79 Å². The second kappa shape index (κ2) is 7.10. The molecule has 6 heteroatoms. The van der Waals surface area contributed by atoms with Gasteiger partial charge in [0, 0.05) is 18.0 Å². The number of rotatable bonds is 7. The molecule has 1 aromatic heterocycles. The molecule has 100 valence electrons. The standard InChI is InChI=1S/C12H18N2O3S/c1-3-18-8-9(2)13-11(15)7-14-6-4-5-10(14)12(16)17/h4-6,9H,3,7-8H2,1-2H3,(H,13,15)(H,16,17). The fourth-order valence-electron chi connectivity index (χ4n) is 1.56. The van der Waals surface area contributed by atoms with E-state index in [1.807, 2.05) is 6.92 Å².